The summed E-state index contributed by atoms with van der Waals surface area (Å²) in [7, 11) is 1.95. The van der Waals surface area contributed by atoms with Crippen molar-refractivity contribution in [1.82, 2.24) is 5.32 Å². The molecule has 0 spiro atoms. The Morgan fingerprint density at radius 3 is 1.86 bits per heavy atom. The van der Waals surface area contributed by atoms with Crippen molar-refractivity contribution in [3.63, 3.8) is 0 Å². The zero-order chi connectivity index (χ0) is 11.0. The normalized spacial score (nSPS) is 10.4. The fraction of sp³-hybridized carbons (Fsp3) is 0.250. The Labute approximate surface area is 126 Å². The predicted molar refractivity (Wildman–Crippen MR) is 101 cm³/mol. The molecule has 0 bridgehead atoms. The van der Waals surface area contributed by atoms with Gasteiger partial charge in [0.15, 0.2) is 0 Å². The molecule has 1 aromatic carbocycles. The first kappa shape index (κ1) is 17.0. The van der Waals surface area contributed by atoms with Crippen LogP contribution in [0.25, 0.3) is 0 Å². The third-order valence-corrected chi connectivity index (χ3v) is 1.22. The van der Waals surface area contributed by atoms with Gasteiger partial charge in [0, 0.05) is 6.54 Å². The van der Waals surface area contributed by atoms with E-state index >= 15 is 0 Å². The van der Waals surface area contributed by atoms with E-state index in [1.54, 1.807) is 0 Å². The first-order valence-electron chi connectivity index (χ1n) is 3.87. The van der Waals surface area contributed by atoms with Crippen LogP contribution in [-0.2, 0) is 6.54 Å². The van der Waals surface area contributed by atoms with Crippen molar-refractivity contribution in [3.8, 4) is 0 Å². The molecule has 0 saturated heterocycles. The molecule has 1 aromatic rings. The summed E-state index contributed by atoms with van der Waals surface area (Å²) >= 11 is 10.2. The van der Waals surface area contributed by atoms with Gasteiger partial charge in [0.2, 0.25) is 0 Å². The van der Waals surface area contributed by atoms with Crippen LogP contribution >= 0.6 is 71.0 Å². The summed E-state index contributed by atoms with van der Waals surface area (Å²) in [4.78, 5) is 0. The van der Waals surface area contributed by atoms with Crippen LogP contribution < -0.4 is 5.32 Å². The van der Waals surface area contributed by atoms with Crippen LogP contribution in [0.5, 0.6) is 0 Å². The fourth-order valence-electron chi connectivity index (χ4n) is 0.800. The summed E-state index contributed by atoms with van der Waals surface area (Å²) < 4.78 is -1.40. The average Bonchev–Trinajstić information content (AvgIpc) is 2.03. The van der Waals surface area contributed by atoms with Crippen LogP contribution in [0.2, 0.25) is 0 Å². The third kappa shape index (κ3) is 15.0. The number of hydrogen-bond donors (Lipinski definition) is 1. The predicted octanol–water partition coefficient (Wildman–Crippen LogP) is 4.57. The molecule has 0 aliphatic carbocycles. The fourth-order valence-corrected chi connectivity index (χ4v) is 0.800. The summed E-state index contributed by atoms with van der Waals surface area (Å²) in [5.74, 6) is 0. The zero-order valence-electron chi connectivity index (χ0n) is 7.61. The SMILES string of the molecule is CNCc1ccccc1.[I][Pb]([I])([I])[I]. The molecule has 0 saturated carbocycles. The molecule has 80 valence electrons. The Bertz CT molecular complexity index is 231. The van der Waals surface area contributed by atoms with Crippen molar-refractivity contribution in [1.29, 1.82) is 0 Å². The van der Waals surface area contributed by atoms with Crippen LogP contribution in [0.15, 0.2) is 30.3 Å². The van der Waals surface area contributed by atoms with E-state index < -0.39 is 4.00 Å². The van der Waals surface area contributed by atoms with Gasteiger partial charge in [-0.25, -0.2) is 0 Å². The van der Waals surface area contributed by atoms with Gasteiger partial charge in [-0.3, -0.25) is 0 Å². The number of rotatable bonds is 2. The Morgan fingerprint density at radius 1 is 1.07 bits per heavy atom. The molecule has 0 fully saturated rings. The summed E-state index contributed by atoms with van der Waals surface area (Å²) in [5, 5.41) is 3.08. The molecule has 0 radical (unpaired) electrons. The Kier molecular flexibility index (Phi) is 12.1. The van der Waals surface area contributed by atoms with Crippen LogP contribution in [0.4, 0.5) is 0 Å². The summed E-state index contributed by atoms with van der Waals surface area (Å²) in [5.41, 5.74) is 1.33. The first-order chi connectivity index (χ1) is 6.43. The number of benzene rings is 1. The van der Waals surface area contributed by atoms with Crippen LogP contribution in [0.1, 0.15) is 5.56 Å². The number of halogens is 4. The summed E-state index contributed by atoms with van der Waals surface area (Å²) in [6.07, 6.45) is 0. The Hall–Kier alpha value is 3.02. The van der Waals surface area contributed by atoms with E-state index in [9.17, 15) is 0 Å². The zero-order valence-corrected chi connectivity index (χ0v) is 20.1. The van der Waals surface area contributed by atoms with Gasteiger partial charge in [-0.15, -0.1) is 0 Å². The van der Waals surface area contributed by atoms with Gasteiger partial charge in [-0.2, -0.15) is 0 Å². The minimum atomic E-state index is -1.40. The molecule has 0 heterocycles. The minimum absolute atomic E-state index is 0.959. The number of hydrogen-bond acceptors (Lipinski definition) is 1. The molecule has 14 heavy (non-hydrogen) atoms. The van der Waals surface area contributed by atoms with Crippen LogP contribution in [0.3, 0.4) is 0 Å². The number of nitrogens with one attached hydrogen (secondary N) is 1. The van der Waals surface area contributed by atoms with Crippen molar-refractivity contribution in [2.45, 2.75) is 6.54 Å². The maximum atomic E-state index is 3.08. The van der Waals surface area contributed by atoms with E-state index in [0.717, 1.165) is 6.54 Å². The van der Waals surface area contributed by atoms with E-state index in [4.69, 9.17) is 0 Å². The molecule has 1 rings (SSSR count). The van der Waals surface area contributed by atoms with Crippen LogP contribution in [-0.4, -0.2) is 11.0 Å². The third-order valence-electron chi connectivity index (χ3n) is 1.22. The van der Waals surface area contributed by atoms with Gasteiger partial charge in [0.1, 0.15) is 0 Å². The van der Waals surface area contributed by atoms with Crippen LogP contribution in [0, 0.1) is 0 Å². The molecule has 1 N–H and O–H groups in total. The van der Waals surface area contributed by atoms with E-state index in [1.165, 1.54) is 5.56 Å². The van der Waals surface area contributed by atoms with Gasteiger partial charge < -0.3 is 5.32 Å². The van der Waals surface area contributed by atoms with Gasteiger partial charge in [-0.05, 0) is 12.6 Å². The van der Waals surface area contributed by atoms with Crippen molar-refractivity contribution >= 4 is 75.0 Å². The second-order valence-corrected chi connectivity index (χ2v) is 171. The molecular weight excluding hydrogens is 825 g/mol. The molecule has 6 heteroatoms. The summed E-state index contributed by atoms with van der Waals surface area (Å²) in [6.45, 7) is 0.959. The Balaban J connectivity index is 0.000000292. The standard InChI is InChI=1S/C8H11N.4HI.Pb/c1-9-7-8-5-3-2-4-6-8;;;;;/h2-6,9H,7H2,1H3;4*1H;/q;;;;;+4/p-4. The van der Waals surface area contributed by atoms with E-state index in [0.29, 0.717) is 0 Å². The molecule has 0 aromatic heterocycles. The molecule has 0 aliphatic heterocycles. The second-order valence-electron chi connectivity index (χ2n) is 2.44. The molecule has 0 atom stereocenters. The molecule has 0 aliphatic rings. The van der Waals surface area contributed by atoms with Gasteiger partial charge in [0.05, 0.1) is 0 Å². The quantitative estimate of drug-likeness (QED) is 0.341. The molecule has 0 unspecified atom stereocenters. The maximum absolute atomic E-state index is 3.08. The first-order valence-corrected chi connectivity index (χ1v) is 47.6. The van der Waals surface area contributed by atoms with E-state index in [-0.39, 0.29) is 0 Å². The van der Waals surface area contributed by atoms with Crippen molar-refractivity contribution in [3.05, 3.63) is 35.9 Å². The molecule has 1 nitrogen and oxygen atoms in total. The average molecular weight is 836 g/mol. The van der Waals surface area contributed by atoms with E-state index in [1.807, 2.05) is 25.2 Å². The van der Waals surface area contributed by atoms with Crippen molar-refractivity contribution in [2.24, 2.45) is 0 Å². The monoisotopic (exact) mass is 837 g/mol. The Morgan fingerprint density at radius 2 is 1.50 bits per heavy atom. The van der Waals surface area contributed by atoms with Crippen molar-refractivity contribution in [2.75, 3.05) is 7.05 Å². The van der Waals surface area contributed by atoms with Gasteiger partial charge in [0.25, 0.3) is 0 Å². The molecule has 0 amide bonds. The van der Waals surface area contributed by atoms with Crippen molar-refractivity contribution < 1.29 is 0 Å². The second kappa shape index (κ2) is 9.99. The van der Waals surface area contributed by atoms with E-state index in [2.05, 4.69) is 88.5 Å². The molecular formula is C8H11I4NPb. The summed E-state index contributed by atoms with van der Waals surface area (Å²) in [6, 6.07) is 10.3. The van der Waals surface area contributed by atoms with Gasteiger partial charge in [-0.1, -0.05) is 30.3 Å². The topological polar surface area (TPSA) is 12.0 Å². The van der Waals surface area contributed by atoms with Gasteiger partial charge >= 0.3 is 75.0 Å².